The highest BCUT2D eigenvalue weighted by molar-refractivity contribution is 6.08. The van der Waals surface area contributed by atoms with E-state index in [1.54, 1.807) is 68.4 Å². The van der Waals surface area contributed by atoms with Gasteiger partial charge in [-0.25, -0.2) is 19.4 Å². The first-order valence-corrected chi connectivity index (χ1v) is 10.1. The number of rotatable bonds is 4. The van der Waals surface area contributed by atoms with E-state index in [9.17, 15) is 14.4 Å². The van der Waals surface area contributed by atoms with Gasteiger partial charge < -0.3 is 19.5 Å². The monoisotopic (exact) mass is 437 g/mol. The predicted octanol–water partition coefficient (Wildman–Crippen LogP) is 4.83. The third-order valence-electron chi connectivity index (χ3n) is 3.27. The average Bonchev–Trinajstić information content (AvgIpc) is 2.51. The van der Waals surface area contributed by atoms with Crippen LogP contribution in [0.4, 0.5) is 20.2 Å². The summed E-state index contributed by atoms with van der Waals surface area (Å²) in [6.07, 6.45) is -0.250. The lowest BCUT2D eigenvalue weighted by molar-refractivity contribution is 0.0426. The Morgan fingerprint density at radius 2 is 1.32 bits per heavy atom. The van der Waals surface area contributed by atoms with Crippen molar-refractivity contribution in [3.63, 3.8) is 0 Å². The minimum atomic E-state index is -0.881. The SMILES string of the molecule is CC(C)(C)OC(=O)NCCc1ccc(N(C(=O)OC(C)(C)C)C(=O)OC(C)(C)C)nc1. The molecule has 0 aromatic carbocycles. The highest BCUT2D eigenvalue weighted by Crippen LogP contribution is 2.20. The highest BCUT2D eigenvalue weighted by Gasteiger charge is 2.33. The topological polar surface area (TPSA) is 107 Å². The Morgan fingerprint density at radius 1 is 0.839 bits per heavy atom. The molecule has 0 spiro atoms. The predicted molar refractivity (Wildman–Crippen MR) is 117 cm³/mol. The van der Waals surface area contributed by atoms with E-state index in [0.29, 0.717) is 13.0 Å². The molecule has 0 unspecified atom stereocenters. The van der Waals surface area contributed by atoms with Gasteiger partial charge in [-0.2, -0.15) is 4.90 Å². The third-order valence-corrected chi connectivity index (χ3v) is 3.27. The summed E-state index contributed by atoms with van der Waals surface area (Å²) >= 11 is 0. The number of imide groups is 1. The molecule has 0 radical (unpaired) electrons. The second-order valence-corrected chi connectivity index (χ2v) is 10.00. The van der Waals surface area contributed by atoms with Gasteiger partial charge in [0.05, 0.1) is 0 Å². The van der Waals surface area contributed by atoms with E-state index < -0.39 is 35.1 Å². The number of hydrogen-bond donors (Lipinski definition) is 1. The van der Waals surface area contributed by atoms with Crippen LogP contribution in [0, 0.1) is 0 Å². The maximum absolute atomic E-state index is 12.6. The highest BCUT2D eigenvalue weighted by atomic mass is 16.6. The third kappa shape index (κ3) is 10.7. The summed E-state index contributed by atoms with van der Waals surface area (Å²) in [5, 5.41) is 2.67. The van der Waals surface area contributed by atoms with Gasteiger partial charge in [0.15, 0.2) is 0 Å². The van der Waals surface area contributed by atoms with E-state index in [4.69, 9.17) is 14.2 Å². The molecular formula is C22H35N3O6. The molecule has 31 heavy (non-hydrogen) atoms. The van der Waals surface area contributed by atoms with E-state index in [2.05, 4.69) is 10.3 Å². The van der Waals surface area contributed by atoms with Crippen molar-refractivity contribution in [3.8, 4) is 0 Å². The van der Waals surface area contributed by atoms with Crippen molar-refractivity contribution in [2.75, 3.05) is 11.4 Å². The van der Waals surface area contributed by atoms with Crippen molar-refractivity contribution in [1.82, 2.24) is 10.3 Å². The summed E-state index contributed by atoms with van der Waals surface area (Å²) in [6, 6.07) is 3.23. The van der Waals surface area contributed by atoms with E-state index in [0.717, 1.165) is 10.5 Å². The van der Waals surface area contributed by atoms with Crippen LogP contribution < -0.4 is 10.2 Å². The van der Waals surface area contributed by atoms with Crippen LogP contribution in [0.1, 0.15) is 67.9 Å². The summed E-state index contributed by atoms with van der Waals surface area (Å²) < 4.78 is 15.9. The van der Waals surface area contributed by atoms with E-state index in [1.807, 2.05) is 0 Å². The van der Waals surface area contributed by atoms with Crippen LogP contribution >= 0.6 is 0 Å². The first-order chi connectivity index (χ1) is 14.0. The lowest BCUT2D eigenvalue weighted by Gasteiger charge is -2.28. The first-order valence-electron chi connectivity index (χ1n) is 10.1. The van der Waals surface area contributed by atoms with Crippen molar-refractivity contribution in [1.29, 1.82) is 0 Å². The van der Waals surface area contributed by atoms with Gasteiger partial charge in [0, 0.05) is 12.7 Å². The quantitative estimate of drug-likeness (QED) is 0.673. The van der Waals surface area contributed by atoms with Crippen LogP contribution in [0.15, 0.2) is 18.3 Å². The Labute approximate surface area is 184 Å². The largest absolute Gasteiger partial charge is 0.444 e. The number of carbonyl (C=O) groups excluding carboxylic acids is 3. The molecule has 0 aliphatic rings. The van der Waals surface area contributed by atoms with Gasteiger partial charge in [-0.05, 0) is 80.4 Å². The molecule has 0 aliphatic heterocycles. The minimum absolute atomic E-state index is 0.0763. The van der Waals surface area contributed by atoms with Crippen LogP contribution in [-0.2, 0) is 20.6 Å². The molecule has 9 nitrogen and oxygen atoms in total. The van der Waals surface area contributed by atoms with Gasteiger partial charge in [-0.15, -0.1) is 0 Å². The lowest BCUT2D eigenvalue weighted by Crippen LogP contribution is -2.44. The van der Waals surface area contributed by atoms with Gasteiger partial charge in [0.25, 0.3) is 0 Å². The number of alkyl carbamates (subject to hydrolysis) is 1. The zero-order valence-electron chi connectivity index (χ0n) is 20.0. The normalized spacial score (nSPS) is 12.0. The number of ether oxygens (including phenoxy) is 3. The maximum atomic E-state index is 12.6. The number of amides is 3. The fraction of sp³-hybridized carbons (Fsp3) is 0.636. The Bertz CT molecular complexity index is 742. The molecule has 0 aliphatic carbocycles. The molecule has 0 atom stereocenters. The van der Waals surface area contributed by atoms with Crippen LogP contribution in [0.2, 0.25) is 0 Å². The second kappa shape index (κ2) is 9.98. The van der Waals surface area contributed by atoms with Crippen molar-refractivity contribution in [3.05, 3.63) is 23.9 Å². The molecule has 1 rings (SSSR count). The Kier molecular flexibility index (Phi) is 8.43. The molecule has 0 saturated heterocycles. The van der Waals surface area contributed by atoms with E-state index >= 15 is 0 Å². The molecule has 1 N–H and O–H groups in total. The number of carbonyl (C=O) groups is 3. The second-order valence-electron chi connectivity index (χ2n) is 10.00. The van der Waals surface area contributed by atoms with Crippen molar-refractivity contribution < 1.29 is 28.6 Å². The van der Waals surface area contributed by atoms with Crippen molar-refractivity contribution >= 4 is 24.1 Å². The molecule has 1 aromatic heterocycles. The zero-order valence-corrected chi connectivity index (χ0v) is 20.0. The summed E-state index contributed by atoms with van der Waals surface area (Å²) in [4.78, 5) is 42.0. The van der Waals surface area contributed by atoms with Gasteiger partial charge in [-0.1, -0.05) is 6.07 Å². The smallest absolute Gasteiger partial charge is 0.425 e. The summed E-state index contributed by atoms with van der Waals surface area (Å²) in [6.45, 7) is 15.9. The van der Waals surface area contributed by atoms with Gasteiger partial charge in [0.1, 0.15) is 22.6 Å². The fourth-order valence-electron chi connectivity index (χ4n) is 2.20. The fourth-order valence-corrected chi connectivity index (χ4v) is 2.20. The summed E-state index contributed by atoms with van der Waals surface area (Å²) in [5.74, 6) is 0.0763. The number of nitrogens with one attached hydrogen (secondary N) is 1. The number of nitrogens with zero attached hydrogens (tertiary/aromatic N) is 2. The molecule has 1 aromatic rings. The lowest BCUT2D eigenvalue weighted by atomic mass is 10.2. The van der Waals surface area contributed by atoms with Crippen LogP contribution in [0.25, 0.3) is 0 Å². The Hall–Kier alpha value is -2.84. The molecule has 0 saturated carbocycles. The number of aromatic nitrogens is 1. The van der Waals surface area contributed by atoms with Crippen molar-refractivity contribution in [2.45, 2.75) is 85.5 Å². The molecule has 0 fully saturated rings. The zero-order chi connectivity index (χ0) is 24.0. The van der Waals surface area contributed by atoms with E-state index in [-0.39, 0.29) is 5.82 Å². The number of hydrogen-bond acceptors (Lipinski definition) is 7. The molecule has 0 bridgehead atoms. The van der Waals surface area contributed by atoms with Crippen molar-refractivity contribution in [2.24, 2.45) is 0 Å². The van der Waals surface area contributed by atoms with E-state index in [1.165, 1.54) is 12.3 Å². The summed E-state index contributed by atoms with van der Waals surface area (Å²) in [5.41, 5.74) is -1.37. The number of pyridine rings is 1. The standard InChI is InChI=1S/C22H35N3O6/c1-20(2,3)29-17(26)23-13-12-15-10-11-16(24-14-15)25(18(27)30-21(4,5)6)19(28)31-22(7,8)9/h10-11,14H,12-13H2,1-9H3,(H,23,26). The van der Waals surface area contributed by atoms with Gasteiger partial charge >= 0.3 is 18.3 Å². The van der Waals surface area contributed by atoms with Crippen LogP contribution in [0.3, 0.4) is 0 Å². The van der Waals surface area contributed by atoms with Crippen LogP contribution in [0.5, 0.6) is 0 Å². The molecular weight excluding hydrogens is 402 g/mol. The minimum Gasteiger partial charge on any atom is -0.444 e. The average molecular weight is 438 g/mol. The summed E-state index contributed by atoms with van der Waals surface area (Å²) in [7, 11) is 0. The number of anilines is 1. The van der Waals surface area contributed by atoms with Crippen LogP contribution in [-0.4, -0.2) is 46.6 Å². The molecule has 174 valence electrons. The van der Waals surface area contributed by atoms with Gasteiger partial charge in [0.2, 0.25) is 0 Å². The Balaban J connectivity index is 2.89. The maximum Gasteiger partial charge on any atom is 0.425 e. The van der Waals surface area contributed by atoms with Gasteiger partial charge in [-0.3, -0.25) is 0 Å². The molecule has 3 amide bonds. The molecule has 9 heteroatoms. The Morgan fingerprint density at radius 3 is 1.71 bits per heavy atom. The first kappa shape index (κ1) is 26.2. The molecule has 1 heterocycles.